The van der Waals surface area contributed by atoms with Crippen LogP contribution in [0.25, 0.3) is 5.69 Å². The number of nitrogens with zero attached hydrogens (tertiary/aromatic N) is 1. The fourth-order valence-electron chi connectivity index (χ4n) is 2.93. The first-order chi connectivity index (χ1) is 14.5. The molecule has 2 aromatic carbocycles. The third kappa shape index (κ3) is 5.68. The second-order valence-electron chi connectivity index (χ2n) is 6.51. The number of thioether (sulfide) groups is 1. The van der Waals surface area contributed by atoms with Gasteiger partial charge in [0.1, 0.15) is 14.8 Å². The van der Waals surface area contributed by atoms with Gasteiger partial charge in [0.15, 0.2) is 12.4 Å². The minimum absolute atomic E-state index is 0. The number of pyridine rings is 1. The summed E-state index contributed by atoms with van der Waals surface area (Å²) in [5, 5.41) is 0. The Morgan fingerprint density at radius 2 is 1.52 bits per heavy atom. The zero-order valence-corrected chi connectivity index (χ0v) is 22.5. The van der Waals surface area contributed by atoms with Crippen molar-refractivity contribution in [3.05, 3.63) is 104 Å². The molecule has 0 bridgehead atoms. The monoisotopic (exact) mass is 638 g/mol. The SMILES string of the molecule is Nc1c(C(=O)c2ccc(Br)cc2)sc(SCc2ccc(Br)cc2)c1-[n+]1ccccc1.[Br-]. The number of anilines is 1. The number of halogens is 3. The van der Waals surface area contributed by atoms with Crippen LogP contribution in [0, 0.1) is 0 Å². The highest BCUT2D eigenvalue weighted by Gasteiger charge is 2.28. The molecule has 0 fully saturated rings. The Hall–Kier alpha value is -1.45. The molecule has 158 valence electrons. The number of thiophene rings is 1. The molecule has 0 unspecified atom stereocenters. The molecule has 2 heterocycles. The predicted octanol–water partition coefficient (Wildman–Crippen LogP) is 3.66. The van der Waals surface area contributed by atoms with Crippen LogP contribution >= 0.6 is 55.0 Å². The molecule has 4 rings (SSSR count). The van der Waals surface area contributed by atoms with Gasteiger partial charge in [-0.3, -0.25) is 4.79 Å². The number of carbonyl (C=O) groups excluding carboxylic acids is 1. The molecule has 0 saturated heterocycles. The van der Waals surface area contributed by atoms with E-state index in [4.69, 9.17) is 5.73 Å². The van der Waals surface area contributed by atoms with Crippen LogP contribution in [0.1, 0.15) is 20.8 Å². The van der Waals surface area contributed by atoms with E-state index < -0.39 is 0 Å². The van der Waals surface area contributed by atoms with E-state index in [0.717, 1.165) is 24.6 Å². The predicted molar refractivity (Wildman–Crippen MR) is 132 cm³/mol. The molecule has 0 amide bonds. The van der Waals surface area contributed by atoms with Crippen LogP contribution < -0.4 is 27.3 Å². The Bertz CT molecular complexity index is 1180. The van der Waals surface area contributed by atoms with Crippen LogP contribution in [0.3, 0.4) is 0 Å². The highest BCUT2D eigenvalue weighted by Crippen LogP contribution is 2.41. The van der Waals surface area contributed by atoms with E-state index in [1.165, 1.54) is 16.9 Å². The Morgan fingerprint density at radius 3 is 2.13 bits per heavy atom. The molecule has 2 aromatic heterocycles. The summed E-state index contributed by atoms with van der Waals surface area (Å²) in [5.74, 6) is 0.734. The van der Waals surface area contributed by atoms with Crippen LogP contribution in [0.4, 0.5) is 5.69 Å². The summed E-state index contributed by atoms with van der Waals surface area (Å²) in [7, 11) is 0. The maximum absolute atomic E-state index is 13.2. The topological polar surface area (TPSA) is 47.0 Å². The molecule has 2 N–H and O–H groups in total. The van der Waals surface area contributed by atoms with Gasteiger partial charge in [-0.25, -0.2) is 0 Å². The zero-order valence-electron chi connectivity index (χ0n) is 16.1. The lowest BCUT2D eigenvalue weighted by atomic mass is 10.1. The first kappa shape index (κ1) is 24.2. The largest absolute Gasteiger partial charge is 1.00 e. The summed E-state index contributed by atoms with van der Waals surface area (Å²) < 4.78 is 4.99. The molecule has 0 aliphatic rings. The van der Waals surface area contributed by atoms with Crippen molar-refractivity contribution in [1.82, 2.24) is 0 Å². The van der Waals surface area contributed by atoms with Crippen LogP contribution in [0.5, 0.6) is 0 Å². The molecule has 0 aliphatic carbocycles. The van der Waals surface area contributed by atoms with Gasteiger partial charge in [0, 0.05) is 32.4 Å². The van der Waals surface area contributed by atoms with Crippen LogP contribution in [-0.2, 0) is 5.75 Å². The number of carbonyl (C=O) groups is 1. The standard InChI is InChI=1S/C23H16Br2N2OS2.BrH/c24-17-8-4-15(5-9-17)14-29-23-20(27-12-2-1-3-13-27)19(26)22(30-23)21(28)16-6-10-18(25)11-7-16;/h1-13H,14H2,(H-,26,28);1H. The summed E-state index contributed by atoms with van der Waals surface area (Å²) in [6.45, 7) is 0. The van der Waals surface area contributed by atoms with Crippen molar-refractivity contribution in [2.24, 2.45) is 0 Å². The van der Waals surface area contributed by atoms with Crippen molar-refractivity contribution >= 4 is 66.4 Å². The van der Waals surface area contributed by atoms with E-state index >= 15 is 0 Å². The van der Waals surface area contributed by atoms with Crippen LogP contribution in [0.15, 0.2) is 92.3 Å². The quantitative estimate of drug-likeness (QED) is 0.199. The second-order valence-corrected chi connectivity index (χ2v) is 10.6. The number of hydrogen-bond acceptors (Lipinski definition) is 4. The molecule has 0 spiro atoms. The normalized spacial score (nSPS) is 10.5. The van der Waals surface area contributed by atoms with Gasteiger partial charge in [0.25, 0.3) is 5.69 Å². The Balaban J connectivity index is 0.00000272. The van der Waals surface area contributed by atoms with Gasteiger partial charge in [0.05, 0.1) is 0 Å². The number of ketones is 1. The number of nitrogen functional groups attached to an aromatic ring is 1. The number of aromatic nitrogens is 1. The highest BCUT2D eigenvalue weighted by atomic mass is 79.9. The summed E-state index contributed by atoms with van der Waals surface area (Å²) in [5.41, 5.74) is 9.75. The van der Waals surface area contributed by atoms with Gasteiger partial charge in [-0.1, -0.05) is 50.1 Å². The smallest absolute Gasteiger partial charge is 0.259 e. The molecule has 31 heavy (non-hydrogen) atoms. The van der Waals surface area contributed by atoms with Gasteiger partial charge in [-0.2, -0.15) is 4.57 Å². The van der Waals surface area contributed by atoms with Gasteiger partial charge in [-0.15, -0.1) is 23.1 Å². The zero-order chi connectivity index (χ0) is 21.1. The lowest BCUT2D eigenvalue weighted by Gasteiger charge is -2.02. The van der Waals surface area contributed by atoms with Crippen molar-refractivity contribution in [3.8, 4) is 5.69 Å². The molecule has 0 aliphatic heterocycles. The first-order valence-electron chi connectivity index (χ1n) is 9.09. The minimum Gasteiger partial charge on any atom is -1.00 e. The first-order valence-corrected chi connectivity index (χ1v) is 12.5. The van der Waals surface area contributed by atoms with Crippen LogP contribution in [0.2, 0.25) is 0 Å². The van der Waals surface area contributed by atoms with Crippen molar-refractivity contribution < 1.29 is 26.3 Å². The number of hydrogen-bond donors (Lipinski definition) is 1. The minimum atomic E-state index is -0.0572. The average molecular weight is 641 g/mol. The summed E-state index contributed by atoms with van der Waals surface area (Å²) in [4.78, 5) is 13.7. The Kier molecular flexibility index (Phi) is 8.52. The average Bonchev–Trinajstić information content (AvgIpc) is 3.10. The molecule has 3 nitrogen and oxygen atoms in total. The third-order valence-corrected chi connectivity index (χ3v) is 8.04. The molecular formula is C23H17Br3N2OS2. The van der Waals surface area contributed by atoms with Crippen molar-refractivity contribution in [2.45, 2.75) is 9.96 Å². The Morgan fingerprint density at radius 1 is 0.935 bits per heavy atom. The molecule has 0 radical (unpaired) electrons. The van der Waals surface area contributed by atoms with E-state index in [9.17, 15) is 4.79 Å². The van der Waals surface area contributed by atoms with Gasteiger partial charge in [0.2, 0.25) is 5.78 Å². The molecule has 4 aromatic rings. The van der Waals surface area contributed by atoms with E-state index in [1.807, 2.05) is 71.6 Å². The van der Waals surface area contributed by atoms with Gasteiger partial charge in [-0.05, 0) is 42.0 Å². The third-order valence-electron chi connectivity index (χ3n) is 4.46. The number of benzene rings is 2. The summed E-state index contributed by atoms with van der Waals surface area (Å²) in [6.07, 6.45) is 3.91. The fourth-order valence-corrected chi connectivity index (χ4v) is 5.88. The maximum Gasteiger partial charge on any atom is 0.259 e. The van der Waals surface area contributed by atoms with E-state index in [1.54, 1.807) is 11.8 Å². The molecule has 8 heteroatoms. The number of nitrogens with two attached hydrogens (primary N) is 1. The molecule has 0 saturated carbocycles. The van der Waals surface area contributed by atoms with Gasteiger partial charge < -0.3 is 22.7 Å². The lowest BCUT2D eigenvalue weighted by molar-refractivity contribution is -0.596. The fraction of sp³-hybridized carbons (Fsp3) is 0.0435. The van der Waals surface area contributed by atoms with Crippen molar-refractivity contribution in [2.75, 3.05) is 5.73 Å². The molecular weight excluding hydrogens is 624 g/mol. The Labute approximate surface area is 216 Å². The summed E-state index contributed by atoms with van der Waals surface area (Å²) >= 11 is 10.0. The van der Waals surface area contributed by atoms with Crippen molar-refractivity contribution in [1.29, 1.82) is 0 Å². The molecule has 0 atom stereocenters. The number of rotatable bonds is 6. The van der Waals surface area contributed by atoms with Gasteiger partial charge >= 0.3 is 0 Å². The highest BCUT2D eigenvalue weighted by molar-refractivity contribution is 9.10. The maximum atomic E-state index is 13.2. The lowest BCUT2D eigenvalue weighted by Crippen LogP contribution is -3.00. The summed E-state index contributed by atoms with van der Waals surface area (Å²) in [6, 6.07) is 21.5. The van der Waals surface area contributed by atoms with E-state index in [0.29, 0.717) is 16.1 Å². The second kappa shape index (κ2) is 10.9. The van der Waals surface area contributed by atoms with E-state index in [-0.39, 0.29) is 22.8 Å². The van der Waals surface area contributed by atoms with E-state index in [2.05, 4.69) is 44.0 Å². The van der Waals surface area contributed by atoms with Crippen molar-refractivity contribution in [3.63, 3.8) is 0 Å². The van der Waals surface area contributed by atoms with Crippen LogP contribution in [-0.4, -0.2) is 5.78 Å².